The van der Waals surface area contributed by atoms with E-state index >= 15 is 0 Å². The van der Waals surface area contributed by atoms with E-state index in [2.05, 4.69) is 18.3 Å². The Kier molecular flexibility index (Phi) is 6.51. The van der Waals surface area contributed by atoms with Crippen LogP contribution in [0, 0.1) is 0 Å². The molecule has 2 aromatic carbocycles. The first kappa shape index (κ1) is 19.4. The molecule has 144 valence electrons. The van der Waals surface area contributed by atoms with E-state index in [-0.39, 0.29) is 11.3 Å². The molecule has 4 heteroatoms. The predicted octanol–water partition coefficient (Wildman–Crippen LogP) is 4.13. The molecule has 4 nitrogen and oxygen atoms in total. The Hall–Kier alpha value is -2.33. The van der Waals surface area contributed by atoms with Crippen LogP contribution in [0.15, 0.2) is 48.5 Å². The highest BCUT2D eigenvalue weighted by atomic mass is 16.5. The molecule has 0 atom stereocenters. The summed E-state index contributed by atoms with van der Waals surface area (Å²) in [4.78, 5) is 12.7. The zero-order chi connectivity index (χ0) is 19.1. The Balaban J connectivity index is 1.76. The first-order valence-corrected chi connectivity index (χ1v) is 9.77. The molecule has 27 heavy (non-hydrogen) atoms. The minimum atomic E-state index is -0.164. The summed E-state index contributed by atoms with van der Waals surface area (Å²) in [5, 5.41) is 3.16. The molecule has 1 fully saturated rings. The lowest BCUT2D eigenvalue weighted by atomic mass is 9.73. The van der Waals surface area contributed by atoms with Gasteiger partial charge in [0.25, 0.3) is 5.91 Å². The van der Waals surface area contributed by atoms with Crippen molar-refractivity contribution in [1.82, 2.24) is 5.32 Å². The van der Waals surface area contributed by atoms with Crippen LogP contribution < -0.4 is 10.1 Å². The van der Waals surface area contributed by atoms with Crippen molar-refractivity contribution < 1.29 is 14.3 Å². The Bertz CT molecular complexity index is 748. The summed E-state index contributed by atoms with van der Waals surface area (Å²) in [6.07, 6.45) is 3.88. The molecular formula is C23H29NO3. The average molecular weight is 367 g/mol. The molecule has 0 spiro atoms. The van der Waals surface area contributed by atoms with Gasteiger partial charge in [-0.2, -0.15) is 0 Å². The fraction of sp³-hybridized carbons (Fsp3) is 0.435. The topological polar surface area (TPSA) is 47.6 Å². The molecule has 0 saturated carbocycles. The standard InChI is InChI=1S/C23H29NO3/c1-3-6-18-9-11-19(12-10-18)22(25)24-17-23(13-15-27-16-14-23)20-7-4-5-8-21(20)26-2/h4-5,7-12H,3,6,13-17H2,1-2H3,(H,24,25). The van der Waals surface area contributed by atoms with Gasteiger partial charge in [-0.15, -0.1) is 0 Å². The van der Waals surface area contributed by atoms with Gasteiger partial charge in [0.15, 0.2) is 0 Å². The lowest BCUT2D eigenvalue weighted by Gasteiger charge is -2.38. The number of amides is 1. The first-order valence-electron chi connectivity index (χ1n) is 9.77. The molecule has 3 rings (SSSR count). The quantitative estimate of drug-likeness (QED) is 0.801. The predicted molar refractivity (Wildman–Crippen MR) is 107 cm³/mol. The van der Waals surface area contributed by atoms with Gasteiger partial charge in [-0.25, -0.2) is 0 Å². The zero-order valence-corrected chi connectivity index (χ0v) is 16.3. The number of nitrogens with one attached hydrogen (secondary N) is 1. The third-order valence-electron chi connectivity index (χ3n) is 5.47. The summed E-state index contributed by atoms with van der Waals surface area (Å²) in [7, 11) is 1.70. The van der Waals surface area contributed by atoms with Crippen LogP contribution in [0.1, 0.15) is 47.7 Å². The van der Waals surface area contributed by atoms with Gasteiger partial charge in [-0.3, -0.25) is 4.79 Å². The van der Waals surface area contributed by atoms with Crippen molar-refractivity contribution in [3.8, 4) is 5.75 Å². The molecule has 0 bridgehead atoms. The highest BCUT2D eigenvalue weighted by Crippen LogP contribution is 2.39. The molecular weight excluding hydrogens is 338 g/mol. The molecule has 0 unspecified atom stereocenters. The number of aryl methyl sites for hydroxylation is 1. The number of carbonyl (C=O) groups is 1. The monoisotopic (exact) mass is 367 g/mol. The van der Waals surface area contributed by atoms with Crippen molar-refractivity contribution in [2.75, 3.05) is 26.9 Å². The van der Waals surface area contributed by atoms with Crippen molar-refractivity contribution >= 4 is 5.91 Å². The number of rotatable bonds is 7. The second-order valence-corrected chi connectivity index (χ2v) is 7.22. The van der Waals surface area contributed by atoms with Gasteiger partial charge in [0.05, 0.1) is 7.11 Å². The van der Waals surface area contributed by atoms with Crippen LogP contribution in [-0.2, 0) is 16.6 Å². The highest BCUT2D eigenvalue weighted by Gasteiger charge is 2.37. The van der Waals surface area contributed by atoms with Gasteiger partial charge in [0.1, 0.15) is 5.75 Å². The van der Waals surface area contributed by atoms with Crippen LogP contribution in [0.2, 0.25) is 0 Å². The summed E-state index contributed by atoms with van der Waals surface area (Å²) < 4.78 is 11.2. The van der Waals surface area contributed by atoms with Crippen molar-refractivity contribution in [2.45, 2.75) is 38.0 Å². The molecule has 1 N–H and O–H groups in total. The fourth-order valence-corrected chi connectivity index (χ4v) is 3.85. The number of ether oxygens (including phenoxy) is 2. The lowest BCUT2D eigenvalue weighted by Crippen LogP contribution is -2.44. The van der Waals surface area contributed by atoms with E-state index < -0.39 is 0 Å². The Morgan fingerprint density at radius 2 is 1.81 bits per heavy atom. The molecule has 1 aliphatic rings. The van der Waals surface area contributed by atoms with Gasteiger partial charge >= 0.3 is 0 Å². The van der Waals surface area contributed by atoms with Gasteiger partial charge in [0.2, 0.25) is 0 Å². The largest absolute Gasteiger partial charge is 0.496 e. The molecule has 1 aliphatic heterocycles. The van der Waals surface area contributed by atoms with Crippen molar-refractivity contribution in [3.63, 3.8) is 0 Å². The number of methoxy groups -OCH3 is 1. The van der Waals surface area contributed by atoms with Crippen LogP contribution in [0.4, 0.5) is 0 Å². The lowest BCUT2D eigenvalue weighted by molar-refractivity contribution is 0.0479. The molecule has 2 aromatic rings. The summed E-state index contributed by atoms with van der Waals surface area (Å²) in [5.74, 6) is 0.844. The molecule has 1 saturated heterocycles. The van der Waals surface area contributed by atoms with E-state index in [9.17, 15) is 4.79 Å². The van der Waals surface area contributed by atoms with Crippen molar-refractivity contribution in [2.24, 2.45) is 0 Å². The fourth-order valence-electron chi connectivity index (χ4n) is 3.85. The first-order chi connectivity index (χ1) is 13.2. The van der Waals surface area contributed by atoms with E-state index in [0.29, 0.717) is 25.3 Å². The summed E-state index contributed by atoms with van der Waals surface area (Å²) in [6, 6.07) is 16.0. The molecule has 0 radical (unpaired) electrons. The van der Waals surface area contributed by atoms with Gasteiger partial charge in [-0.1, -0.05) is 43.7 Å². The van der Waals surface area contributed by atoms with Crippen LogP contribution in [0.5, 0.6) is 5.75 Å². The summed E-state index contributed by atoms with van der Waals surface area (Å²) >= 11 is 0. The summed E-state index contributed by atoms with van der Waals surface area (Å²) in [5.41, 5.74) is 2.96. The van der Waals surface area contributed by atoms with Crippen LogP contribution in [-0.4, -0.2) is 32.8 Å². The molecule has 1 heterocycles. The Morgan fingerprint density at radius 1 is 1.11 bits per heavy atom. The number of carbonyl (C=O) groups excluding carboxylic acids is 1. The highest BCUT2D eigenvalue weighted by molar-refractivity contribution is 5.94. The van der Waals surface area contributed by atoms with Crippen LogP contribution >= 0.6 is 0 Å². The second-order valence-electron chi connectivity index (χ2n) is 7.22. The van der Waals surface area contributed by atoms with Gasteiger partial charge in [0, 0.05) is 36.3 Å². The van der Waals surface area contributed by atoms with E-state index in [0.717, 1.165) is 37.0 Å². The number of hydrogen-bond donors (Lipinski definition) is 1. The second kappa shape index (κ2) is 9.05. The Morgan fingerprint density at radius 3 is 2.48 bits per heavy atom. The Labute approximate surface area is 161 Å². The van der Waals surface area contributed by atoms with E-state index in [4.69, 9.17) is 9.47 Å². The zero-order valence-electron chi connectivity index (χ0n) is 16.3. The number of hydrogen-bond acceptors (Lipinski definition) is 3. The maximum atomic E-state index is 12.7. The van der Waals surface area contributed by atoms with E-state index in [1.54, 1.807) is 7.11 Å². The normalized spacial score (nSPS) is 15.9. The van der Waals surface area contributed by atoms with Crippen LogP contribution in [0.25, 0.3) is 0 Å². The minimum absolute atomic E-state index is 0.0289. The number of benzene rings is 2. The third kappa shape index (κ3) is 4.51. The average Bonchev–Trinajstić information content (AvgIpc) is 2.73. The molecule has 1 amide bonds. The molecule has 0 aliphatic carbocycles. The van der Waals surface area contributed by atoms with Crippen LogP contribution in [0.3, 0.4) is 0 Å². The van der Waals surface area contributed by atoms with E-state index in [1.807, 2.05) is 42.5 Å². The third-order valence-corrected chi connectivity index (χ3v) is 5.47. The minimum Gasteiger partial charge on any atom is -0.496 e. The van der Waals surface area contributed by atoms with E-state index in [1.165, 1.54) is 5.56 Å². The smallest absolute Gasteiger partial charge is 0.251 e. The van der Waals surface area contributed by atoms with Gasteiger partial charge < -0.3 is 14.8 Å². The van der Waals surface area contributed by atoms with Crippen molar-refractivity contribution in [1.29, 1.82) is 0 Å². The maximum absolute atomic E-state index is 12.7. The number of para-hydroxylation sites is 1. The van der Waals surface area contributed by atoms with Crippen molar-refractivity contribution in [3.05, 3.63) is 65.2 Å². The SMILES string of the molecule is CCCc1ccc(C(=O)NCC2(c3ccccc3OC)CCOCC2)cc1. The summed E-state index contributed by atoms with van der Waals surface area (Å²) in [6.45, 7) is 4.12. The maximum Gasteiger partial charge on any atom is 0.251 e. The van der Waals surface area contributed by atoms with Gasteiger partial charge in [-0.05, 0) is 43.0 Å². The molecule has 0 aromatic heterocycles.